The number of hydrogen-bond acceptors (Lipinski definition) is 2. The van der Waals surface area contributed by atoms with Gasteiger partial charge >= 0.3 is 5.97 Å². The Hall–Kier alpha value is -1.45. The highest BCUT2D eigenvalue weighted by atomic mass is 19.1. The Labute approximate surface area is 144 Å². The number of unbranched alkanes of at least 4 members (excludes halogenated alkanes) is 6. The zero-order valence-electron chi connectivity index (χ0n) is 15.0. The molecule has 0 spiro atoms. The highest BCUT2D eigenvalue weighted by molar-refractivity contribution is 5.89. The van der Waals surface area contributed by atoms with Crippen LogP contribution in [0.3, 0.4) is 0 Å². The second-order valence-electron chi connectivity index (χ2n) is 6.35. The van der Waals surface area contributed by atoms with E-state index >= 15 is 0 Å². The molecule has 0 saturated carbocycles. The Morgan fingerprint density at radius 3 is 2.29 bits per heavy atom. The smallest absolute Gasteiger partial charge is 0.341 e. The normalized spacial score (nSPS) is 12.2. The highest BCUT2D eigenvalue weighted by Gasteiger charge is 2.19. The van der Waals surface area contributed by atoms with Gasteiger partial charge in [-0.25, -0.2) is 13.6 Å². The van der Waals surface area contributed by atoms with Crippen LogP contribution < -0.4 is 0 Å². The van der Waals surface area contributed by atoms with Crippen LogP contribution in [0, 0.1) is 11.6 Å². The van der Waals surface area contributed by atoms with Crippen molar-refractivity contribution in [2.24, 2.45) is 0 Å². The lowest BCUT2D eigenvalue weighted by Crippen LogP contribution is -2.19. The third-order valence-electron chi connectivity index (χ3n) is 4.16. The fourth-order valence-corrected chi connectivity index (χ4v) is 2.78. The van der Waals surface area contributed by atoms with Crippen molar-refractivity contribution >= 4 is 5.97 Å². The van der Waals surface area contributed by atoms with Crippen LogP contribution in [0.4, 0.5) is 8.78 Å². The van der Waals surface area contributed by atoms with Crippen molar-refractivity contribution in [2.75, 3.05) is 0 Å². The minimum Gasteiger partial charge on any atom is -0.459 e. The molecule has 136 valence electrons. The average molecular weight is 340 g/mol. The first-order chi connectivity index (χ1) is 11.6. The summed E-state index contributed by atoms with van der Waals surface area (Å²) in [5, 5.41) is 0. The van der Waals surface area contributed by atoms with E-state index in [2.05, 4.69) is 6.92 Å². The predicted octanol–water partition coefficient (Wildman–Crippen LogP) is 6.43. The van der Waals surface area contributed by atoms with E-state index < -0.39 is 17.6 Å². The Balaban J connectivity index is 2.41. The van der Waals surface area contributed by atoms with Gasteiger partial charge in [0.15, 0.2) is 0 Å². The number of ether oxygens (including phenoxy) is 1. The molecule has 0 aliphatic carbocycles. The van der Waals surface area contributed by atoms with Gasteiger partial charge in [0.05, 0.1) is 5.56 Å². The Bertz CT molecular complexity index is 489. The quantitative estimate of drug-likeness (QED) is 0.324. The molecule has 1 aromatic rings. The standard InChI is InChI=1S/C20H30F2O2/c1-3-5-6-7-8-9-10-12-17(11-4-2)24-20(23)18-15-16(21)13-14-19(18)22/h13-15,17H,3-12H2,1-2H3. The lowest BCUT2D eigenvalue weighted by Gasteiger charge is -2.17. The molecule has 1 unspecified atom stereocenters. The minimum atomic E-state index is -0.770. The summed E-state index contributed by atoms with van der Waals surface area (Å²) in [5.41, 5.74) is -0.323. The van der Waals surface area contributed by atoms with Gasteiger partial charge in [-0.2, -0.15) is 0 Å². The second-order valence-corrected chi connectivity index (χ2v) is 6.35. The molecule has 1 atom stereocenters. The van der Waals surface area contributed by atoms with Crippen molar-refractivity contribution in [1.82, 2.24) is 0 Å². The summed E-state index contributed by atoms with van der Waals surface area (Å²) in [7, 11) is 0. The van der Waals surface area contributed by atoms with E-state index in [1.807, 2.05) is 6.92 Å². The molecule has 0 radical (unpaired) electrons. The molecule has 0 aromatic heterocycles. The van der Waals surface area contributed by atoms with Gasteiger partial charge in [-0.1, -0.05) is 58.8 Å². The summed E-state index contributed by atoms with van der Waals surface area (Å²) in [6, 6.07) is 2.85. The number of halogens is 2. The van der Waals surface area contributed by atoms with Gasteiger partial charge in [0.1, 0.15) is 17.7 Å². The summed E-state index contributed by atoms with van der Waals surface area (Å²) in [6.45, 7) is 4.22. The van der Waals surface area contributed by atoms with E-state index in [-0.39, 0.29) is 11.7 Å². The number of benzene rings is 1. The molecular formula is C20H30F2O2. The number of esters is 1. The van der Waals surface area contributed by atoms with Crippen molar-refractivity contribution in [3.63, 3.8) is 0 Å². The summed E-state index contributed by atoms with van der Waals surface area (Å²) >= 11 is 0. The average Bonchev–Trinajstić information content (AvgIpc) is 2.56. The maximum atomic E-state index is 13.6. The van der Waals surface area contributed by atoms with E-state index in [0.29, 0.717) is 0 Å². The first kappa shape index (κ1) is 20.6. The van der Waals surface area contributed by atoms with E-state index in [1.54, 1.807) is 0 Å². The monoisotopic (exact) mass is 340 g/mol. The largest absolute Gasteiger partial charge is 0.459 e. The molecule has 0 amide bonds. The first-order valence-corrected chi connectivity index (χ1v) is 9.24. The van der Waals surface area contributed by atoms with Crippen LogP contribution in [0.1, 0.15) is 88.4 Å². The van der Waals surface area contributed by atoms with E-state index in [4.69, 9.17) is 4.74 Å². The molecule has 0 bridgehead atoms. The molecule has 0 aliphatic rings. The predicted molar refractivity (Wildman–Crippen MR) is 93.1 cm³/mol. The van der Waals surface area contributed by atoms with E-state index in [1.165, 1.54) is 32.1 Å². The highest BCUT2D eigenvalue weighted by Crippen LogP contribution is 2.18. The van der Waals surface area contributed by atoms with Crippen molar-refractivity contribution in [2.45, 2.75) is 84.2 Å². The van der Waals surface area contributed by atoms with Crippen molar-refractivity contribution in [1.29, 1.82) is 0 Å². The summed E-state index contributed by atoms with van der Waals surface area (Å²) < 4.78 is 32.2. The van der Waals surface area contributed by atoms with Gasteiger partial charge < -0.3 is 4.74 Å². The van der Waals surface area contributed by atoms with Crippen LogP contribution in [0.25, 0.3) is 0 Å². The van der Waals surface area contributed by atoms with Crippen LogP contribution in [0.15, 0.2) is 18.2 Å². The third kappa shape index (κ3) is 7.89. The topological polar surface area (TPSA) is 26.3 Å². The number of carbonyl (C=O) groups excluding carboxylic acids is 1. The van der Waals surface area contributed by atoms with Crippen LogP contribution >= 0.6 is 0 Å². The molecule has 0 fully saturated rings. The summed E-state index contributed by atoms with van der Waals surface area (Å²) in [4.78, 5) is 12.1. The van der Waals surface area contributed by atoms with Gasteiger partial charge in [-0.3, -0.25) is 0 Å². The van der Waals surface area contributed by atoms with Gasteiger partial charge in [-0.15, -0.1) is 0 Å². The fraction of sp³-hybridized carbons (Fsp3) is 0.650. The molecule has 0 saturated heterocycles. The first-order valence-electron chi connectivity index (χ1n) is 9.24. The lowest BCUT2D eigenvalue weighted by atomic mass is 10.0. The maximum Gasteiger partial charge on any atom is 0.341 e. The molecule has 1 rings (SSSR count). The third-order valence-corrected chi connectivity index (χ3v) is 4.16. The van der Waals surface area contributed by atoms with Gasteiger partial charge in [0, 0.05) is 0 Å². The summed E-state index contributed by atoms with van der Waals surface area (Å²) in [5.74, 6) is -2.15. The molecule has 0 heterocycles. The Kier molecular flexibility index (Phi) is 10.3. The molecule has 1 aromatic carbocycles. The minimum absolute atomic E-state index is 0.221. The lowest BCUT2D eigenvalue weighted by molar-refractivity contribution is 0.0248. The van der Waals surface area contributed by atoms with E-state index in [9.17, 15) is 13.6 Å². The molecule has 24 heavy (non-hydrogen) atoms. The maximum absolute atomic E-state index is 13.6. The fourth-order valence-electron chi connectivity index (χ4n) is 2.78. The Morgan fingerprint density at radius 1 is 0.958 bits per heavy atom. The van der Waals surface area contributed by atoms with Gasteiger partial charge in [0.2, 0.25) is 0 Å². The van der Waals surface area contributed by atoms with Crippen LogP contribution in [0.2, 0.25) is 0 Å². The van der Waals surface area contributed by atoms with Crippen molar-refractivity contribution in [3.05, 3.63) is 35.4 Å². The van der Waals surface area contributed by atoms with E-state index in [0.717, 1.165) is 50.3 Å². The second kappa shape index (κ2) is 12.0. The summed E-state index contributed by atoms with van der Waals surface area (Å²) in [6.07, 6.45) is 10.6. The zero-order chi connectivity index (χ0) is 17.8. The molecule has 0 N–H and O–H groups in total. The SMILES string of the molecule is CCCCCCCCCC(CCC)OC(=O)c1cc(F)ccc1F. The molecule has 4 heteroatoms. The number of carbonyl (C=O) groups is 1. The van der Waals surface area contributed by atoms with Gasteiger partial charge in [-0.05, 0) is 37.5 Å². The molecule has 0 aliphatic heterocycles. The Morgan fingerprint density at radius 2 is 1.62 bits per heavy atom. The molecular weight excluding hydrogens is 310 g/mol. The van der Waals surface area contributed by atoms with Crippen molar-refractivity contribution < 1.29 is 18.3 Å². The zero-order valence-corrected chi connectivity index (χ0v) is 15.0. The number of rotatable bonds is 12. The number of hydrogen-bond donors (Lipinski definition) is 0. The van der Waals surface area contributed by atoms with Gasteiger partial charge in [0.25, 0.3) is 0 Å². The molecule has 2 nitrogen and oxygen atoms in total. The van der Waals surface area contributed by atoms with Crippen LogP contribution in [0.5, 0.6) is 0 Å². The van der Waals surface area contributed by atoms with Crippen LogP contribution in [-0.4, -0.2) is 12.1 Å². The van der Waals surface area contributed by atoms with Crippen molar-refractivity contribution in [3.8, 4) is 0 Å². The van der Waals surface area contributed by atoms with Crippen LogP contribution in [-0.2, 0) is 4.74 Å².